The zero-order valence-electron chi connectivity index (χ0n) is 23.0. The number of carbonyl (C=O) groups excluding carboxylic acids is 4. The first kappa shape index (κ1) is 31.1. The van der Waals surface area contributed by atoms with Crippen LogP contribution in [0.5, 0.6) is 0 Å². The summed E-state index contributed by atoms with van der Waals surface area (Å²) in [5.74, 6) is -1.14. The Labute approximate surface area is 229 Å². The summed E-state index contributed by atoms with van der Waals surface area (Å²) in [5, 5.41) is 7.98. The predicted molar refractivity (Wildman–Crippen MR) is 146 cm³/mol. The molecule has 2 aromatic carbocycles. The number of hydrogen-bond acceptors (Lipinski definition) is 7. The number of nitrogens with one attached hydrogen (secondary N) is 3. The van der Waals surface area contributed by atoms with Gasteiger partial charge in [0, 0.05) is 13.0 Å². The van der Waals surface area contributed by atoms with E-state index in [1.165, 1.54) is 7.11 Å². The summed E-state index contributed by atoms with van der Waals surface area (Å²) in [7, 11) is 1.24. The Morgan fingerprint density at radius 3 is 2.00 bits per heavy atom. The molecule has 212 valence electrons. The second-order valence-corrected chi connectivity index (χ2v) is 9.96. The fraction of sp³-hybridized carbons (Fsp3) is 0.448. The average molecular weight is 542 g/mol. The molecule has 0 saturated heterocycles. The first-order chi connectivity index (χ1) is 18.6. The highest BCUT2D eigenvalue weighted by molar-refractivity contribution is 5.89. The standard InChI is InChI=1S/C29H39N3O7/c1-29(2,3)39-28(36)32-24(19-21-13-7-5-8-14-21)25(33)31-23(26(34)37-4)17-11-12-18-30-27(35)38-20-22-15-9-6-10-16-22/h5-10,13-16,23-24H,11-12,17-20H2,1-4H3,(H,30,35)(H,31,33)(H,32,36). The van der Waals surface area contributed by atoms with Gasteiger partial charge in [0.25, 0.3) is 0 Å². The van der Waals surface area contributed by atoms with Gasteiger partial charge in [-0.2, -0.15) is 0 Å². The molecule has 0 fully saturated rings. The van der Waals surface area contributed by atoms with E-state index in [2.05, 4.69) is 16.0 Å². The van der Waals surface area contributed by atoms with Crippen molar-refractivity contribution < 1.29 is 33.4 Å². The second kappa shape index (κ2) is 16.0. The van der Waals surface area contributed by atoms with Crippen LogP contribution in [0.15, 0.2) is 60.7 Å². The van der Waals surface area contributed by atoms with Crippen LogP contribution < -0.4 is 16.0 Å². The van der Waals surface area contributed by atoms with Crippen molar-refractivity contribution in [3.05, 3.63) is 71.8 Å². The van der Waals surface area contributed by atoms with Crippen LogP contribution in [0.4, 0.5) is 9.59 Å². The summed E-state index contributed by atoms with van der Waals surface area (Å²) in [4.78, 5) is 49.9. The quantitative estimate of drug-likeness (QED) is 0.199. The summed E-state index contributed by atoms with van der Waals surface area (Å²) in [6.07, 6.45) is 0.278. The molecule has 2 rings (SSSR count). The Bertz CT molecular complexity index is 1060. The van der Waals surface area contributed by atoms with Crippen molar-refractivity contribution in [2.24, 2.45) is 0 Å². The number of hydrogen-bond donors (Lipinski definition) is 3. The van der Waals surface area contributed by atoms with Crippen LogP contribution in [0.2, 0.25) is 0 Å². The summed E-state index contributed by atoms with van der Waals surface area (Å²) >= 11 is 0. The van der Waals surface area contributed by atoms with Gasteiger partial charge in [-0.15, -0.1) is 0 Å². The van der Waals surface area contributed by atoms with Crippen molar-refractivity contribution in [3.8, 4) is 0 Å². The third kappa shape index (κ3) is 12.8. The van der Waals surface area contributed by atoms with Crippen LogP contribution in [-0.4, -0.2) is 55.4 Å². The lowest BCUT2D eigenvalue weighted by Gasteiger charge is -2.25. The zero-order valence-corrected chi connectivity index (χ0v) is 23.0. The summed E-state index contributed by atoms with van der Waals surface area (Å²) in [5.41, 5.74) is 0.971. The van der Waals surface area contributed by atoms with Gasteiger partial charge in [-0.05, 0) is 51.2 Å². The average Bonchev–Trinajstić information content (AvgIpc) is 2.90. The monoisotopic (exact) mass is 541 g/mol. The molecule has 0 radical (unpaired) electrons. The lowest BCUT2D eigenvalue weighted by atomic mass is 10.0. The molecule has 0 heterocycles. The molecule has 3 amide bonds. The minimum Gasteiger partial charge on any atom is -0.467 e. The van der Waals surface area contributed by atoms with Crippen LogP contribution in [0.25, 0.3) is 0 Å². The summed E-state index contributed by atoms with van der Waals surface area (Å²) in [6, 6.07) is 16.6. The number of methoxy groups -OCH3 is 1. The number of carbonyl (C=O) groups is 4. The van der Waals surface area contributed by atoms with Gasteiger partial charge < -0.3 is 30.2 Å². The minimum absolute atomic E-state index is 0.171. The molecule has 3 N–H and O–H groups in total. The van der Waals surface area contributed by atoms with E-state index in [9.17, 15) is 19.2 Å². The van der Waals surface area contributed by atoms with Crippen molar-refractivity contribution in [1.29, 1.82) is 0 Å². The van der Waals surface area contributed by atoms with Crippen LogP contribution >= 0.6 is 0 Å². The van der Waals surface area contributed by atoms with Crippen molar-refractivity contribution in [1.82, 2.24) is 16.0 Å². The Hall–Kier alpha value is -4.08. The van der Waals surface area contributed by atoms with Crippen molar-refractivity contribution in [2.45, 2.75) is 70.7 Å². The first-order valence-corrected chi connectivity index (χ1v) is 12.9. The zero-order chi connectivity index (χ0) is 28.7. The van der Waals surface area contributed by atoms with Crippen molar-refractivity contribution in [3.63, 3.8) is 0 Å². The molecule has 10 heteroatoms. The fourth-order valence-electron chi connectivity index (χ4n) is 3.61. The molecule has 0 spiro atoms. The van der Waals surface area contributed by atoms with Crippen LogP contribution in [0.1, 0.15) is 51.2 Å². The Morgan fingerprint density at radius 2 is 1.41 bits per heavy atom. The van der Waals surface area contributed by atoms with E-state index < -0.39 is 41.7 Å². The van der Waals surface area contributed by atoms with Crippen molar-refractivity contribution >= 4 is 24.1 Å². The summed E-state index contributed by atoms with van der Waals surface area (Å²) < 4.78 is 15.4. The molecule has 2 unspecified atom stereocenters. The van der Waals surface area contributed by atoms with Gasteiger partial charge >= 0.3 is 18.2 Å². The number of amides is 3. The lowest BCUT2D eigenvalue weighted by molar-refractivity contribution is -0.145. The number of ether oxygens (including phenoxy) is 3. The number of rotatable bonds is 13. The number of unbranched alkanes of at least 4 members (excludes halogenated alkanes) is 1. The van der Waals surface area contributed by atoms with E-state index in [0.717, 1.165) is 11.1 Å². The van der Waals surface area contributed by atoms with E-state index in [4.69, 9.17) is 14.2 Å². The third-order valence-electron chi connectivity index (χ3n) is 5.49. The highest BCUT2D eigenvalue weighted by Crippen LogP contribution is 2.10. The molecule has 0 aliphatic heterocycles. The second-order valence-electron chi connectivity index (χ2n) is 9.96. The smallest absolute Gasteiger partial charge is 0.408 e. The third-order valence-corrected chi connectivity index (χ3v) is 5.49. The first-order valence-electron chi connectivity index (χ1n) is 12.9. The van der Waals surface area contributed by atoms with E-state index >= 15 is 0 Å². The SMILES string of the molecule is COC(=O)C(CCCCNC(=O)OCc1ccccc1)NC(=O)C(Cc1ccccc1)NC(=O)OC(C)(C)C. The number of alkyl carbamates (subject to hydrolysis) is 2. The van der Waals surface area contributed by atoms with Gasteiger partial charge in [0.2, 0.25) is 5.91 Å². The van der Waals surface area contributed by atoms with E-state index in [0.29, 0.717) is 19.4 Å². The molecule has 39 heavy (non-hydrogen) atoms. The van der Waals surface area contributed by atoms with Crippen molar-refractivity contribution in [2.75, 3.05) is 13.7 Å². The summed E-state index contributed by atoms with van der Waals surface area (Å²) in [6.45, 7) is 5.69. The molecule has 0 saturated carbocycles. The molecule has 0 aliphatic rings. The van der Waals surface area contributed by atoms with Crippen LogP contribution in [0.3, 0.4) is 0 Å². The van der Waals surface area contributed by atoms with E-state index in [1.807, 2.05) is 60.7 Å². The molecule has 10 nitrogen and oxygen atoms in total. The predicted octanol–water partition coefficient (Wildman–Crippen LogP) is 3.88. The molecule has 2 atom stereocenters. The molecule has 0 bridgehead atoms. The van der Waals surface area contributed by atoms with Gasteiger partial charge in [-0.25, -0.2) is 14.4 Å². The molecular weight excluding hydrogens is 502 g/mol. The van der Waals surface area contributed by atoms with Gasteiger partial charge in [0.05, 0.1) is 7.11 Å². The molecule has 0 aliphatic carbocycles. The largest absolute Gasteiger partial charge is 0.467 e. The maximum absolute atomic E-state index is 13.2. The van der Waals surface area contributed by atoms with E-state index in [1.54, 1.807) is 20.8 Å². The maximum Gasteiger partial charge on any atom is 0.408 e. The number of benzene rings is 2. The van der Waals surface area contributed by atoms with Crippen LogP contribution in [0, 0.1) is 0 Å². The normalized spacial score (nSPS) is 12.4. The Morgan fingerprint density at radius 1 is 0.795 bits per heavy atom. The molecule has 2 aromatic rings. The topological polar surface area (TPSA) is 132 Å². The number of esters is 1. The van der Waals surface area contributed by atoms with E-state index in [-0.39, 0.29) is 19.4 Å². The highest BCUT2D eigenvalue weighted by atomic mass is 16.6. The van der Waals surface area contributed by atoms with Gasteiger partial charge in [0.1, 0.15) is 24.3 Å². The molecule has 0 aromatic heterocycles. The Kier molecular flexibility index (Phi) is 12.8. The van der Waals surface area contributed by atoms with Gasteiger partial charge in [0.15, 0.2) is 0 Å². The maximum atomic E-state index is 13.2. The Balaban J connectivity index is 1.88. The van der Waals surface area contributed by atoms with Crippen LogP contribution in [-0.2, 0) is 36.8 Å². The van der Waals surface area contributed by atoms with Gasteiger partial charge in [-0.3, -0.25) is 4.79 Å². The highest BCUT2D eigenvalue weighted by Gasteiger charge is 2.29. The minimum atomic E-state index is -0.976. The molecular formula is C29H39N3O7. The lowest BCUT2D eigenvalue weighted by Crippen LogP contribution is -2.53. The fourth-order valence-corrected chi connectivity index (χ4v) is 3.61. The van der Waals surface area contributed by atoms with Gasteiger partial charge in [-0.1, -0.05) is 60.7 Å².